The van der Waals surface area contributed by atoms with Crippen LogP contribution in [0.4, 0.5) is 0 Å². The summed E-state index contributed by atoms with van der Waals surface area (Å²) in [6.07, 6.45) is -4.51. The van der Waals surface area contributed by atoms with Gasteiger partial charge in [0.05, 0.1) is 0 Å². The summed E-state index contributed by atoms with van der Waals surface area (Å²) in [6.45, 7) is -6.02. The van der Waals surface area contributed by atoms with Crippen molar-refractivity contribution in [3.63, 3.8) is 0 Å². The number of nitrogens with one attached hydrogen (secondary N) is 1. The lowest BCUT2D eigenvalue weighted by Crippen LogP contribution is -2.48. The number of hydrogen-bond donors (Lipinski definition) is 7. The molecule has 2 heterocycles. The van der Waals surface area contributed by atoms with E-state index in [-0.39, 0.29) is 0 Å². The maximum Gasteiger partial charge on any atom is 0.488 e. The van der Waals surface area contributed by atoms with E-state index in [0.717, 1.165) is 19.4 Å². The van der Waals surface area contributed by atoms with Gasteiger partial charge in [-0.3, -0.25) is 18.9 Å². The lowest BCUT2D eigenvalue weighted by Gasteiger charge is -2.30. The van der Waals surface area contributed by atoms with E-state index >= 15 is 0 Å². The fourth-order valence-corrected chi connectivity index (χ4v) is 6.47. The van der Waals surface area contributed by atoms with Crippen LogP contribution in [0, 0.1) is 0 Å². The zero-order valence-corrected chi connectivity index (χ0v) is 18.7. The number of phosphoric acid groups is 2. The Hall–Kier alpha value is -0.680. The van der Waals surface area contributed by atoms with Crippen molar-refractivity contribution >= 4 is 34.7 Å². The number of ether oxygens (including phenoxy) is 2. The van der Waals surface area contributed by atoms with Gasteiger partial charge in [0, 0.05) is 19.4 Å². The van der Waals surface area contributed by atoms with E-state index in [9.17, 15) is 38.4 Å². The van der Waals surface area contributed by atoms with Crippen LogP contribution < -0.4 is 11.2 Å². The molecule has 2 rings (SSSR count). The van der Waals surface area contributed by atoms with E-state index < -0.39 is 64.5 Å². The van der Waals surface area contributed by atoms with Gasteiger partial charge in [-0.05, 0) is 0 Å². The van der Waals surface area contributed by atoms with E-state index in [1.165, 1.54) is 0 Å². The zero-order chi connectivity index (χ0) is 23.8. The molecular formula is C10H17N2O15P3S. The molecule has 1 saturated heterocycles. The normalized spacial score (nSPS) is 30.6. The average Bonchev–Trinajstić information content (AvgIpc) is 2.82. The summed E-state index contributed by atoms with van der Waals surface area (Å²) in [5.74, 6) is -2.34. The minimum atomic E-state index is -5.63. The molecule has 1 aliphatic rings. The van der Waals surface area contributed by atoms with Gasteiger partial charge in [0.2, 0.25) is 5.79 Å². The van der Waals surface area contributed by atoms with Gasteiger partial charge in [0.25, 0.3) is 5.56 Å². The molecule has 0 radical (unpaired) electrons. The number of methoxy groups -OCH3 is 1. The Balaban J connectivity index is 2.21. The minimum Gasteiger partial charge on any atom is -0.385 e. The molecule has 2 unspecified atom stereocenters. The first-order valence-corrected chi connectivity index (χ1v) is 13.4. The summed E-state index contributed by atoms with van der Waals surface area (Å²) in [5, 5.41) is 20.6. The van der Waals surface area contributed by atoms with Gasteiger partial charge in [-0.15, -0.1) is 0 Å². The Morgan fingerprint density at radius 3 is 2.35 bits per heavy atom. The second-order valence-corrected chi connectivity index (χ2v) is 11.7. The Kier molecular flexibility index (Phi) is 7.96. The summed E-state index contributed by atoms with van der Waals surface area (Å²) in [6, 6.07) is 0.919. The molecular weight excluding hydrogens is 513 g/mol. The van der Waals surface area contributed by atoms with Crippen molar-refractivity contribution in [3.8, 4) is 0 Å². The topological polar surface area (TPSA) is 253 Å². The number of aromatic amines is 1. The van der Waals surface area contributed by atoms with Crippen LogP contribution in [0.3, 0.4) is 0 Å². The molecule has 1 fully saturated rings. The molecule has 0 aromatic carbocycles. The number of aromatic nitrogens is 2. The van der Waals surface area contributed by atoms with E-state index in [1.807, 2.05) is 4.98 Å². The molecule has 0 spiro atoms. The molecule has 0 bridgehead atoms. The van der Waals surface area contributed by atoms with Crippen molar-refractivity contribution in [2.24, 2.45) is 0 Å². The van der Waals surface area contributed by atoms with E-state index in [0.29, 0.717) is 4.57 Å². The highest BCUT2D eigenvalue weighted by Gasteiger charge is 2.57. The van der Waals surface area contributed by atoms with Gasteiger partial charge in [0.1, 0.15) is 18.8 Å². The van der Waals surface area contributed by atoms with Crippen LogP contribution in [0.5, 0.6) is 0 Å². The van der Waals surface area contributed by atoms with Crippen molar-refractivity contribution in [1.82, 2.24) is 9.55 Å². The molecule has 21 heteroatoms. The fraction of sp³-hybridized carbons (Fsp3) is 0.600. The van der Waals surface area contributed by atoms with Crippen LogP contribution in [-0.4, -0.2) is 66.2 Å². The van der Waals surface area contributed by atoms with E-state index in [2.05, 4.69) is 25.4 Å². The maximum atomic E-state index is 12.2. The number of nitrogens with zero attached hydrogens (tertiary/aromatic N) is 1. The Labute approximate surface area is 177 Å². The highest BCUT2D eigenvalue weighted by atomic mass is 32.7. The van der Waals surface area contributed by atoms with Crippen molar-refractivity contribution in [1.29, 1.82) is 0 Å². The molecule has 0 aliphatic carbocycles. The largest absolute Gasteiger partial charge is 0.488 e. The highest BCUT2D eigenvalue weighted by Crippen LogP contribution is 2.70. The third kappa shape index (κ3) is 6.66. The van der Waals surface area contributed by atoms with Gasteiger partial charge in [0.15, 0.2) is 6.23 Å². The molecule has 6 N–H and O–H groups in total. The second-order valence-electron chi connectivity index (χ2n) is 5.84. The highest BCUT2D eigenvalue weighted by molar-refractivity contribution is 8.45. The number of aliphatic hydroxyl groups excluding tert-OH is 2. The van der Waals surface area contributed by atoms with Crippen LogP contribution in [0.1, 0.15) is 6.23 Å². The smallest absolute Gasteiger partial charge is 0.385 e. The first-order chi connectivity index (χ1) is 14.0. The Bertz CT molecular complexity index is 1070. The molecule has 178 valence electrons. The average molecular weight is 530 g/mol. The van der Waals surface area contributed by atoms with E-state index in [4.69, 9.17) is 19.3 Å². The lowest BCUT2D eigenvalue weighted by atomic mass is 10.1. The number of hydrogen-bond acceptors (Lipinski definition) is 12. The zero-order valence-electron chi connectivity index (χ0n) is 15.1. The van der Waals surface area contributed by atoms with Crippen molar-refractivity contribution in [2.75, 3.05) is 13.7 Å². The fourth-order valence-electron chi connectivity index (χ4n) is 2.43. The molecule has 1 aromatic rings. The third-order valence-electron chi connectivity index (χ3n) is 3.70. The SMILES string of the molecule is CO[C@]1(COP(=O)(S)OP(=O)(O)OP(=O)(O)O)O[C@@H](n2ccc(=O)[nH]c2=O)[C@H](O)[C@@H]1O. The summed E-state index contributed by atoms with van der Waals surface area (Å²) in [4.78, 5) is 51.3. The predicted octanol–water partition coefficient (Wildman–Crippen LogP) is -1.59. The predicted molar refractivity (Wildman–Crippen MR) is 99.8 cm³/mol. The summed E-state index contributed by atoms with van der Waals surface area (Å²) >= 11 is 3.35. The Morgan fingerprint density at radius 1 is 1.23 bits per heavy atom. The second kappa shape index (κ2) is 9.29. The molecule has 1 aromatic heterocycles. The summed E-state index contributed by atoms with van der Waals surface area (Å²) < 4.78 is 57.4. The van der Waals surface area contributed by atoms with Crippen LogP contribution in [-0.2, 0) is 36.3 Å². The van der Waals surface area contributed by atoms with Gasteiger partial charge in [-0.1, -0.05) is 12.2 Å². The quantitative estimate of drug-likeness (QED) is 0.140. The van der Waals surface area contributed by atoms with Crippen LogP contribution in [0.2, 0.25) is 0 Å². The van der Waals surface area contributed by atoms with Gasteiger partial charge in [-0.25, -0.2) is 18.5 Å². The molecule has 1 aliphatic heterocycles. The van der Waals surface area contributed by atoms with Crippen molar-refractivity contribution in [2.45, 2.75) is 24.2 Å². The van der Waals surface area contributed by atoms with Crippen LogP contribution in [0.15, 0.2) is 21.9 Å². The molecule has 0 amide bonds. The number of H-pyrrole nitrogens is 1. The summed E-state index contributed by atoms with van der Waals surface area (Å²) in [7, 11) is -10.2. The number of aliphatic hydroxyl groups is 2. The monoisotopic (exact) mass is 530 g/mol. The first kappa shape index (κ1) is 26.6. The summed E-state index contributed by atoms with van der Waals surface area (Å²) in [5.41, 5.74) is -1.77. The van der Waals surface area contributed by atoms with E-state index in [1.54, 1.807) is 0 Å². The van der Waals surface area contributed by atoms with Gasteiger partial charge in [-0.2, -0.15) is 8.62 Å². The third-order valence-corrected chi connectivity index (χ3v) is 8.49. The minimum absolute atomic E-state index is 0.697. The first-order valence-electron chi connectivity index (χ1n) is 7.70. The maximum absolute atomic E-state index is 12.2. The Morgan fingerprint density at radius 2 is 1.84 bits per heavy atom. The number of thiol groups is 1. The standard InChI is InChI=1S/C10H17N2O15P3S/c1-23-10(4-24-30(22,31)27-29(20,21)26-28(17,18)19)7(15)6(14)8(25-10)12-3-2-5(13)11-9(12)16/h2-3,6-8,14-15H,4H2,1H3,(H,20,21)(H,22,31)(H,11,13,16)(H2,17,18,19)/t6-,7+,8-,10-,30?/m1/s1. The molecule has 6 atom stereocenters. The molecule has 31 heavy (non-hydrogen) atoms. The van der Waals surface area contributed by atoms with Gasteiger partial charge < -0.3 is 34.4 Å². The van der Waals surface area contributed by atoms with Crippen molar-refractivity contribution < 1.29 is 61.2 Å². The molecule has 0 saturated carbocycles. The van der Waals surface area contributed by atoms with Crippen molar-refractivity contribution in [3.05, 3.63) is 33.1 Å². The molecule has 17 nitrogen and oxygen atoms in total. The van der Waals surface area contributed by atoms with Gasteiger partial charge >= 0.3 is 28.1 Å². The lowest BCUT2D eigenvalue weighted by molar-refractivity contribution is -0.266. The number of rotatable bonds is 9. The van der Waals surface area contributed by atoms with Crippen LogP contribution >= 0.6 is 34.7 Å². The van der Waals surface area contributed by atoms with Crippen LogP contribution in [0.25, 0.3) is 0 Å².